The van der Waals surface area contributed by atoms with Crippen LogP contribution in [-0.2, 0) is 11.2 Å². The molecule has 0 fully saturated rings. The summed E-state index contributed by atoms with van der Waals surface area (Å²) in [5.41, 5.74) is 3.31. The van der Waals surface area contributed by atoms with Crippen molar-refractivity contribution in [1.29, 1.82) is 0 Å². The van der Waals surface area contributed by atoms with Crippen molar-refractivity contribution in [3.05, 3.63) is 65.9 Å². The standard InChI is InChI=1S/C22H24N2O3/c1-3-6-16-9-10-20(21(13-16)26-2)27-15-22(25)23-12-11-17-14-24-19-8-5-4-7-18(17)19/h3-10,13-14,24H,11-12,15H2,1-2H3,(H,23,25). The summed E-state index contributed by atoms with van der Waals surface area (Å²) in [4.78, 5) is 15.3. The van der Waals surface area contributed by atoms with E-state index in [4.69, 9.17) is 9.47 Å². The first kappa shape index (κ1) is 18.6. The van der Waals surface area contributed by atoms with Gasteiger partial charge in [0.1, 0.15) is 0 Å². The van der Waals surface area contributed by atoms with Crippen LogP contribution in [0.15, 0.2) is 54.7 Å². The van der Waals surface area contributed by atoms with E-state index >= 15 is 0 Å². The van der Waals surface area contributed by atoms with Gasteiger partial charge in [-0.2, -0.15) is 0 Å². The molecule has 0 aliphatic carbocycles. The van der Waals surface area contributed by atoms with E-state index in [2.05, 4.69) is 16.4 Å². The number of fused-ring (bicyclic) bond motifs is 1. The number of hydrogen-bond acceptors (Lipinski definition) is 3. The lowest BCUT2D eigenvalue weighted by atomic mass is 10.1. The van der Waals surface area contributed by atoms with Gasteiger partial charge in [-0.25, -0.2) is 0 Å². The summed E-state index contributed by atoms with van der Waals surface area (Å²) in [6, 6.07) is 13.8. The molecular weight excluding hydrogens is 340 g/mol. The van der Waals surface area contributed by atoms with Crippen molar-refractivity contribution in [3.8, 4) is 11.5 Å². The van der Waals surface area contributed by atoms with E-state index in [1.54, 1.807) is 7.11 Å². The van der Waals surface area contributed by atoms with Gasteiger partial charge in [0, 0.05) is 23.6 Å². The highest BCUT2D eigenvalue weighted by atomic mass is 16.5. The summed E-state index contributed by atoms with van der Waals surface area (Å²) in [6.07, 6.45) is 6.68. The number of carbonyl (C=O) groups excluding carboxylic acids is 1. The van der Waals surface area contributed by atoms with Crippen LogP contribution in [0, 0.1) is 0 Å². The van der Waals surface area contributed by atoms with E-state index in [0.29, 0.717) is 18.0 Å². The average molecular weight is 364 g/mol. The number of amides is 1. The van der Waals surface area contributed by atoms with Gasteiger partial charge in [-0.15, -0.1) is 0 Å². The third-order valence-corrected chi connectivity index (χ3v) is 4.30. The zero-order valence-electron chi connectivity index (χ0n) is 15.6. The van der Waals surface area contributed by atoms with Crippen LogP contribution in [0.2, 0.25) is 0 Å². The van der Waals surface area contributed by atoms with Crippen LogP contribution in [0.1, 0.15) is 18.1 Å². The molecule has 0 saturated heterocycles. The Morgan fingerprint density at radius 3 is 2.85 bits per heavy atom. The molecule has 5 nitrogen and oxygen atoms in total. The molecule has 2 aromatic carbocycles. The Morgan fingerprint density at radius 1 is 1.19 bits per heavy atom. The number of hydrogen-bond donors (Lipinski definition) is 2. The molecule has 3 aromatic rings. The van der Waals surface area contributed by atoms with Crippen molar-refractivity contribution in [1.82, 2.24) is 10.3 Å². The number of aromatic amines is 1. The third-order valence-electron chi connectivity index (χ3n) is 4.30. The van der Waals surface area contributed by atoms with Crippen LogP contribution >= 0.6 is 0 Å². The maximum atomic E-state index is 12.1. The van der Waals surface area contributed by atoms with Crippen molar-refractivity contribution in [3.63, 3.8) is 0 Å². The van der Waals surface area contributed by atoms with E-state index in [1.165, 1.54) is 10.9 Å². The number of nitrogens with one attached hydrogen (secondary N) is 2. The quantitative estimate of drug-likeness (QED) is 0.636. The Balaban J connectivity index is 1.50. The summed E-state index contributed by atoms with van der Waals surface area (Å²) >= 11 is 0. The molecular formula is C22H24N2O3. The summed E-state index contributed by atoms with van der Waals surface area (Å²) in [5, 5.41) is 4.08. The minimum Gasteiger partial charge on any atom is -0.493 e. The van der Waals surface area contributed by atoms with E-state index in [1.807, 2.05) is 61.7 Å². The molecule has 0 radical (unpaired) electrons. The molecule has 1 aromatic heterocycles. The largest absolute Gasteiger partial charge is 0.493 e. The highest BCUT2D eigenvalue weighted by molar-refractivity contribution is 5.83. The van der Waals surface area contributed by atoms with Gasteiger partial charge in [0.05, 0.1) is 7.11 Å². The Kier molecular flexibility index (Phi) is 6.15. The number of para-hydroxylation sites is 1. The van der Waals surface area contributed by atoms with Crippen molar-refractivity contribution in [2.75, 3.05) is 20.3 Å². The molecule has 0 saturated carbocycles. The summed E-state index contributed by atoms with van der Waals surface area (Å²) in [5.74, 6) is 1.00. The molecule has 1 amide bonds. The second kappa shape index (κ2) is 8.94. The van der Waals surface area contributed by atoms with E-state index in [9.17, 15) is 4.79 Å². The van der Waals surface area contributed by atoms with Crippen molar-refractivity contribution in [2.45, 2.75) is 13.3 Å². The Morgan fingerprint density at radius 2 is 2.04 bits per heavy atom. The number of H-pyrrole nitrogens is 1. The highest BCUT2D eigenvalue weighted by Gasteiger charge is 2.09. The lowest BCUT2D eigenvalue weighted by Gasteiger charge is -2.11. The fourth-order valence-electron chi connectivity index (χ4n) is 2.97. The molecule has 0 bridgehead atoms. The molecule has 0 unspecified atom stereocenters. The first-order chi connectivity index (χ1) is 13.2. The smallest absolute Gasteiger partial charge is 0.257 e. The van der Waals surface area contributed by atoms with Gasteiger partial charge >= 0.3 is 0 Å². The Labute approximate surface area is 159 Å². The molecule has 140 valence electrons. The predicted molar refractivity (Wildman–Crippen MR) is 108 cm³/mol. The van der Waals surface area contributed by atoms with Crippen LogP contribution in [0.4, 0.5) is 0 Å². The number of aromatic nitrogens is 1. The van der Waals surface area contributed by atoms with E-state index < -0.39 is 0 Å². The van der Waals surface area contributed by atoms with Gasteiger partial charge in [0.25, 0.3) is 5.91 Å². The topological polar surface area (TPSA) is 63.3 Å². The number of benzene rings is 2. The zero-order chi connectivity index (χ0) is 19.1. The van der Waals surface area contributed by atoms with E-state index in [0.717, 1.165) is 17.5 Å². The molecule has 27 heavy (non-hydrogen) atoms. The van der Waals surface area contributed by atoms with Crippen molar-refractivity contribution < 1.29 is 14.3 Å². The monoisotopic (exact) mass is 364 g/mol. The van der Waals surface area contributed by atoms with E-state index in [-0.39, 0.29) is 12.5 Å². The maximum absolute atomic E-state index is 12.1. The van der Waals surface area contributed by atoms with Gasteiger partial charge in [0.2, 0.25) is 0 Å². The minimum absolute atomic E-state index is 0.0484. The van der Waals surface area contributed by atoms with Gasteiger partial charge in [0.15, 0.2) is 18.1 Å². The van der Waals surface area contributed by atoms with Crippen molar-refractivity contribution in [2.24, 2.45) is 0 Å². The maximum Gasteiger partial charge on any atom is 0.257 e. The molecule has 0 spiro atoms. The van der Waals surface area contributed by atoms with Gasteiger partial charge in [-0.05, 0) is 42.7 Å². The number of methoxy groups -OCH3 is 1. The van der Waals surface area contributed by atoms with Crippen LogP contribution in [0.25, 0.3) is 17.0 Å². The van der Waals surface area contributed by atoms with Crippen molar-refractivity contribution >= 4 is 22.9 Å². The molecule has 5 heteroatoms. The highest BCUT2D eigenvalue weighted by Crippen LogP contribution is 2.28. The lowest BCUT2D eigenvalue weighted by molar-refractivity contribution is -0.123. The average Bonchev–Trinajstić information content (AvgIpc) is 3.10. The normalized spacial score (nSPS) is 11.0. The molecule has 0 atom stereocenters. The van der Waals surface area contributed by atoms with Crippen LogP contribution < -0.4 is 14.8 Å². The summed E-state index contributed by atoms with van der Waals surface area (Å²) < 4.78 is 11.0. The number of allylic oxidation sites excluding steroid dienone is 1. The molecule has 3 rings (SSSR count). The molecule has 0 aliphatic heterocycles. The molecule has 2 N–H and O–H groups in total. The second-order valence-electron chi connectivity index (χ2n) is 6.16. The first-order valence-electron chi connectivity index (χ1n) is 8.96. The van der Waals surface area contributed by atoms with Crippen LogP contribution in [0.3, 0.4) is 0 Å². The zero-order valence-corrected chi connectivity index (χ0v) is 15.6. The second-order valence-corrected chi connectivity index (χ2v) is 6.16. The summed E-state index contributed by atoms with van der Waals surface area (Å²) in [7, 11) is 1.59. The summed E-state index contributed by atoms with van der Waals surface area (Å²) in [6.45, 7) is 2.46. The number of carbonyl (C=O) groups is 1. The fourth-order valence-corrected chi connectivity index (χ4v) is 2.97. The fraction of sp³-hybridized carbons (Fsp3) is 0.227. The minimum atomic E-state index is -0.158. The van der Waals surface area contributed by atoms with Crippen LogP contribution in [-0.4, -0.2) is 31.2 Å². The molecule has 0 aliphatic rings. The number of ether oxygens (including phenoxy) is 2. The molecule has 1 heterocycles. The Bertz CT molecular complexity index is 944. The number of rotatable bonds is 8. The van der Waals surface area contributed by atoms with Gasteiger partial charge in [-0.1, -0.05) is 36.4 Å². The third kappa shape index (κ3) is 4.70. The Hall–Kier alpha value is -3.21. The predicted octanol–water partition coefficient (Wildman–Crippen LogP) is 3.95. The van der Waals surface area contributed by atoms with Crippen LogP contribution in [0.5, 0.6) is 11.5 Å². The first-order valence-corrected chi connectivity index (χ1v) is 8.96. The van der Waals surface area contributed by atoms with Gasteiger partial charge < -0.3 is 19.8 Å². The van der Waals surface area contributed by atoms with Gasteiger partial charge in [-0.3, -0.25) is 4.79 Å². The lowest BCUT2D eigenvalue weighted by Crippen LogP contribution is -2.30. The SMILES string of the molecule is CC=Cc1ccc(OCC(=O)NCCc2c[nH]c3ccccc23)c(OC)c1.